The standard InChI is InChI=1S/C13H13ClN4O2/c14-11-4-2-1-3-9(11)5-17-6-10(7-17)18-8-12(13(19)20)15-16-18/h1-4,8,10H,5-7H2,(H,19,20). The van der Waals surface area contributed by atoms with E-state index in [1.807, 2.05) is 24.3 Å². The van der Waals surface area contributed by atoms with E-state index in [1.165, 1.54) is 6.20 Å². The number of carbonyl (C=O) groups is 1. The Labute approximate surface area is 120 Å². The van der Waals surface area contributed by atoms with Crippen molar-refractivity contribution in [3.05, 3.63) is 46.7 Å². The van der Waals surface area contributed by atoms with Crippen LogP contribution in [0.2, 0.25) is 5.02 Å². The van der Waals surface area contributed by atoms with Crippen LogP contribution < -0.4 is 0 Å². The molecule has 1 fully saturated rings. The Morgan fingerprint density at radius 3 is 2.80 bits per heavy atom. The van der Waals surface area contributed by atoms with E-state index in [0.29, 0.717) is 0 Å². The van der Waals surface area contributed by atoms with E-state index in [4.69, 9.17) is 16.7 Å². The number of hydrogen-bond donors (Lipinski definition) is 1. The highest BCUT2D eigenvalue weighted by molar-refractivity contribution is 6.31. The van der Waals surface area contributed by atoms with Gasteiger partial charge in [-0.15, -0.1) is 5.10 Å². The Morgan fingerprint density at radius 2 is 2.15 bits per heavy atom. The summed E-state index contributed by atoms with van der Waals surface area (Å²) in [6.07, 6.45) is 1.47. The first-order chi connectivity index (χ1) is 9.63. The number of likely N-dealkylation sites (tertiary alicyclic amines) is 1. The molecule has 0 atom stereocenters. The molecule has 6 nitrogen and oxygen atoms in total. The molecule has 0 saturated carbocycles. The molecule has 7 heteroatoms. The van der Waals surface area contributed by atoms with E-state index < -0.39 is 5.97 Å². The average Bonchev–Trinajstić information content (AvgIpc) is 2.84. The van der Waals surface area contributed by atoms with Crippen molar-refractivity contribution in [2.75, 3.05) is 13.1 Å². The van der Waals surface area contributed by atoms with Crippen molar-refractivity contribution in [3.8, 4) is 0 Å². The summed E-state index contributed by atoms with van der Waals surface area (Å²) in [5, 5.41) is 17.0. The summed E-state index contributed by atoms with van der Waals surface area (Å²) in [6.45, 7) is 2.41. The molecule has 20 heavy (non-hydrogen) atoms. The maximum atomic E-state index is 10.7. The van der Waals surface area contributed by atoms with Gasteiger partial charge in [-0.3, -0.25) is 4.90 Å². The third kappa shape index (κ3) is 2.52. The zero-order chi connectivity index (χ0) is 14.1. The molecule has 104 valence electrons. The molecule has 1 aromatic carbocycles. The number of carboxylic acid groups (broad SMARTS) is 1. The lowest BCUT2D eigenvalue weighted by molar-refractivity contribution is 0.0690. The van der Waals surface area contributed by atoms with Crippen LogP contribution in [0.3, 0.4) is 0 Å². The van der Waals surface area contributed by atoms with Gasteiger partial charge in [-0.05, 0) is 11.6 Å². The highest BCUT2D eigenvalue weighted by Crippen LogP contribution is 2.25. The van der Waals surface area contributed by atoms with Crippen molar-refractivity contribution in [2.45, 2.75) is 12.6 Å². The van der Waals surface area contributed by atoms with Crippen molar-refractivity contribution in [2.24, 2.45) is 0 Å². The third-order valence-electron chi connectivity index (χ3n) is 3.39. The molecular weight excluding hydrogens is 280 g/mol. The van der Waals surface area contributed by atoms with Gasteiger partial charge in [0.15, 0.2) is 5.69 Å². The number of carboxylic acids is 1. The Morgan fingerprint density at radius 1 is 1.40 bits per heavy atom. The molecule has 0 unspecified atom stereocenters. The van der Waals surface area contributed by atoms with Gasteiger partial charge >= 0.3 is 5.97 Å². The second kappa shape index (κ2) is 5.22. The molecule has 1 saturated heterocycles. The minimum absolute atomic E-state index is 0.0189. The van der Waals surface area contributed by atoms with Crippen molar-refractivity contribution in [3.63, 3.8) is 0 Å². The zero-order valence-corrected chi connectivity index (χ0v) is 11.4. The van der Waals surface area contributed by atoms with Gasteiger partial charge in [0.2, 0.25) is 0 Å². The minimum atomic E-state index is -1.05. The highest BCUT2D eigenvalue weighted by atomic mass is 35.5. The Bertz CT molecular complexity index is 637. The van der Waals surface area contributed by atoms with Crippen LogP contribution in [0.1, 0.15) is 22.1 Å². The summed E-state index contributed by atoms with van der Waals surface area (Å²) >= 11 is 6.12. The number of rotatable bonds is 4. The van der Waals surface area contributed by atoms with Crippen LogP contribution in [0.5, 0.6) is 0 Å². The summed E-state index contributed by atoms with van der Waals surface area (Å²) in [4.78, 5) is 13.0. The van der Waals surface area contributed by atoms with Gasteiger partial charge in [0.05, 0.1) is 12.2 Å². The molecule has 0 amide bonds. The molecule has 2 aromatic rings. The summed E-state index contributed by atoms with van der Waals surface area (Å²) in [5.41, 5.74) is 1.08. The van der Waals surface area contributed by atoms with Gasteiger partial charge in [-0.25, -0.2) is 9.48 Å². The van der Waals surface area contributed by atoms with Crippen molar-refractivity contribution < 1.29 is 9.90 Å². The predicted octanol–water partition coefficient (Wildman–Crippen LogP) is 1.69. The van der Waals surface area contributed by atoms with Gasteiger partial charge in [0.25, 0.3) is 0 Å². The van der Waals surface area contributed by atoms with E-state index in [1.54, 1.807) is 4.68 Å². The van der Waals surface area contributed by atoms with Gasteiger partial charge in [-0.1, -0.05) is 35.0 Å². The molecule has 0 radical (unpaired) electrons. The molecule has 1 N–H and O–H groups in total. The monoisotopic (exact) mass is 292 g/mol. The van der Waals surface area contributed by atoms with Gasteiger partial charge < -0.3 is 5.11 Å². The normalized spacial score (nSPS) is 16.1. The van der Waals surface area contributed by atoms with E-state index in [-0.39, 0.29) is 11.7 Å². The first-order valence-electron chi connectivity index (χ1n) is 6.24. The predicted molar refractivity (Wildman–Crippen MR) is 72.7 cm³/mol. The number of aromatic carboxylic acids is 1. The zero-order valence-electron chi connectivity index (χ0n) is 10.6. The van der Waals surface area contributed by atoms with E-state index >= 15 is 0 Å². The molecule has 1 aromatic heterocycles. The second-order valence-electron chi connectivity index (χ2n) is 4.83. The maximum absolute atomic E-state index is 10.7. The quantitative estimate of drug-likeness (QED) is 0.928. The SMILES string of the molecule is O=C(O)c1cn(C2CN(Cc3ccccc3Cl)C2)nn1. The lowest BCUT2D eigenvalue weighted by Gasteiger charge is -2.39. The molecule has 1 aliphatic rings. The van der Waals surface area contributed by atoms with Crippen LogP contribution in [0, 0.1) is 0 Å². The number of nitrogens with zero attached hydrogens (tertiary/aromatic N) is 4. The second-order valence-corrected chi connectivity index (χ2v) is 5.24. The Balaban J connectivity index is 1.58. The van der Waals surface area contributed by atoms with Crippen LogP contribution in [-0.2, 0) is 6.54 Å². The van der Waals surface area contributed by atoms with Crippen LogP contribution in [0.25, 0.3) is 0 Å². The molecule has 1 aliphatic heterocycles. The van der Waals surface area contributed by atoms with Crippen molar-refractivity contribution in [1.29, 1.82) is 0 Å². The number of halogens is 1. The topological polar surface area (TPSA) is 71.2 Å². The van der Waals surface area contributed by atoms with Gasteiger partial charge in [0.1, 0.15) is 0 Å². The molecule has 0 bridgehead atoms. The fourth-order valence-corrected chi connectivity index (χ4v) is 2.46. The van der Waals surface area contributed by atoms with Crippen LogP contribution in [0.4, 0.5) is 0 Å². The minimum Gasteiger partial charge on any atom is -0.476 e. The number of aromatic nitrogens is 3. The summed E-state index contributed by atoms with van der Waals surface area (Å²) in [5.74, 6) is -1.05. The van der Waals surface area contributed by atoms with Gasteiger partial charge in [0, 0.05) is 24.7 Å². The smallest absolute Gasteiger partial charge is 0.358 e. The summed E-state index contributed by atoms with van der Waals surface area (Å²) in [7, 11) is 0. The lowest BCUT2D eigenvalue weighted by atomic mass is 10.1. The van der Waals surface area contributed by atoms with Crippen molar-refractivity contribution in [1.82, 2.24) is 19.9 Å². The number of hydrogen-bond acceptors (Lipinski definition) is 4. The van der Waals surface area contributed by atoms with Crippen LogP contribution in [-0.4, -0.2) is 44.1 Å². The largest absolute Gasteiger partial charge is 0.476 e. The lowest BCUT2D eigenvalue weighted by Crippen LogP contribution is -2.47. The summed E-state index contributed by atoms with van der Waals surface area (Å²) in [6, 6.07) is 7.94. The van der Waals surface area contributed by atoms with E-state index in [0.717, 1.165) is 30.2 Å². The van der Waals surface area contributed by atoms with Crippen LogP contribution in [0.15, 0.2) is 30.5 Å². The highest BCUT2D eigenvalue weighted by Gasteiger charge is 2.29. The first kappa shape index (κ1) is 13.1. The maximum Gasteiger partial charge on any atom is 0.358 e. The number of benzene rings is 1. The van der Waals surface area contributed by atoms with Crippen LogP contribution >= 0.6 is 11.6 Å². The molecule has 2 heterocycles. The molecule has 0 spiro atoms. The van der Waals surface area contributed by atoms with Crippen molar-refractivity contribution >= 4 is 17.6 Å². The third-order valence-corrected chi connectivity index (χ3v) is 3.76. The fraction of sp³-hybridized carbons (Fsp3) is 0.308. The Hall–Kier alpha value is -1.92. The molecular formula is C13H13ClN4O2. The molecule has 0 aliphatic carbocycles. The molecule has 3 rings (SSSR count). The van der Waals surface area contributed by atoms with E-state index in [2.05, 4.69) is 15.2 Å². The first-order valence-corrected chi connectivity index (χ1v) is 6.62. The Kier molecular flexibility index (Phi) is 3.42. The average molecular weight is 293 g/mol. The summed E-state index contributed by atoms with van der Waals surface area (Å²) < 4.78 is 1.62. The van der Waals surface area contributed by atoms with Gasteiger partial charge in [-0.2, -0.15) is 0 Å². The fourth-order valence-electron chi connectivity index (χ4n) is 2.26. The van der Waals surface area contributed by atoms with E-state index in [9.17, 15) is 4.79 Å².